The molecule has 1 aromatic rings. The van der Waals surface area contributed by atoms with Crippen molar-refractivity contribution in [2.45, 2.75) is 26.7 Å². The molecule has 0 unspecified atom stereocenters. The van der Waals surface area contributed by atoms with Crippen molar-refractivity contribution in [3.05, 3.63) is 6.20 Å². The number of hydrogen-bond donors (Lipinski definition) is 1. The first-order chi connectivity index (χ1) is 8.81. The molecule has 0 atom stereocenters. The fourth-order valence-electron chi connectivity index (χ4n) is 1.65. The second-order valence-corrected chi connectivity index (χ2v) is 4.05. The highest BCUT2D eigenvalue weighted by atomic mass is 16.5. The van der Waals surface area contributed by atoms with Crippen molar-refractivity contribution in [1.29, 1.82) is 0 Å². The lowest BCUT2D eigenvalue weighted by atomic mass is 10.4. The lowest BCUT2D eigenvalue weighted by molar-refractivity contribution is 0.210. The number of hydrogen-bond acceptors (Lipinski definition) is 6. The zero-order valence-corrected chi connectivity index (χ0v) is 11.5. The van der Waals surface area contributed by atoms with Gasteiger partial charge in [-0.05, 0) is 12.8 Å². The average molecular weight is 253 g/mol. The minimum absolute atomic E-state index is 0.646. The van der Waals surface area contributed by atoms with E-state index in [1.54, 1.807) is 13.3 Å². The highest BCUT2D eigenvalue weighted by molar-refractivity contribution is 5.38. The van der Waals surface area contributed by atoms with Crippen LogP contribution in [0.1, 0.15) is 26.7 Å². The maximum Gasteiger partial charge on any atom is 0.247 e. The third-order valence-electron chi connectivity index (χ3n) is 2.43. The van der Waals surface area contributed by atoms with Gasteiger partial charge in [-0.1, -0.05) is 13.8 Å². The molecule has 6 nitrogen and oxygen atoms in total. The number of methoxy groups -OCH3 is 1. The maximum atomic E-state index is 4.98. The van der Waals surface area contributed by atoms with Gasteiger partial charge in [-0.15, -0.1) is 5.10 Å². The van der Waals surface area contributed by atoms with Crippen LogP contribution in [0.3, 0.4) is 0 Å². The van der Waals surface area contributed by atoms with E-state index in [-0.39, 0.29) is 0 Å². The Morgan fingerprint density at radius 2 is 2.00 bits per heavy atom. The molecule has 0 amide bonds. The fraction of sp³-hybridized carbons (Fsp3) is 0.750. The van der Waals surface area contributed by atoms with Gasteiger partial charge < -0.3 is 15.0 Å². The molecule has 6 heteroatoms. The van der Waals surface area contributed by atoms with Crippen molar-refractivity contribution < 1.29 is 4.74 Å². The quantitative estimate of drug-likeness (QED) is 0.674. The molecular formula is C12H23N5O. The van der Waals surface area contributed by atoms with Crippen molar-refractivity contribution in [2.75, 3.05) is 43.6 Å². The van der Waals surface area contributed by atoms with Gasteiger partial charge in [0.05, 0.1) is 12.8 Å². The van der Waals surface area contributed by atoms with Crippen molar-refractivity contribution >= 4 is 11.8 Å². The van der Waals surface area contributed by atoms with Gasteiger partial charge in [0, 0.05) is 26.7 Å². The standard InChI is InChI=1S/C12H23N5O/c1-4-7-17(8-5-2)12-15-11(10-14-16-12)13-6-9-18-3/h10H,4-9H2,1-3H3,(H,13,15,16). The largest absolute Gasteiger partial charge is 0.383 e. The molecule has 1 heterocycles. The molecule has 0 aromatic carbocycles. The van der Waals surface area contributed by atoms with Crippen LogP contribution < -0.4 is 10.2 Å². The molecule has 0 aliphatic carbocycles. The van der Waals surface area contributed by atoms with Crippen molar-refractivity contribution in [1.82, 2.24) is 15.2 Å². The van der Waals surface area contributed by atoms with Gasteiger partial charge >= 0.3 is 0 Å². The Labute approximate surface area is 109 Å². The van der Waals surface area contributed by atoms with E-state index >= 15 is 0 Å². The second kappa shape index (κ2) is 8.63. The van der Waals surface area contributed by atoms with Crippen LogP contribution in [0.15, 0.2) is 6.20 Å². The minimum atomic E-state index is 0.646. The van der Waals surface area contributed by atoms with Crippen LogP contribution in [0.25, 0.3) is 0 Å². The Kier molecular flexibility index (Phi) is 7.01. The van der Waals surface area contributed by atoms with Crippen LogP contribution >= 0.6 is 0 Å². The summed E-state index contributed by atoms with van der Waals surface area (Å²) in [6.45, 7) is 7.57. The van der Waals surface area contributed by atoms with Gasteiger partial charge in [0.15, 0.2) is 5.82 Å². The van der Waals surface area contributed by atoms with Crippen molar-refractivity contribution in [3.8, 4) is 0 Å². The lowest BCUT2D eigenvalue weighted by Gasteiger charge is -2.20. The predicted octanol–water partition coefficient (Wildman–Crippen LogP) is 1.56. The summed E-state index contributed by atoms with van der Waals surface area (Å²) in [5.74, 6) is 1.44. The molecule has 0 saturated carbocycles. The van der Waals surface area contributed by atoms with Crippen LogP contribution in [0.5, 0.6) is 0 Å². The molecule has 0 fully saturated rings. The molecule has 0 radical (unpaired) electrons. The molecular weight excluding hydrogens is 230 g/mol. The normalized spacial score (nSPS) is 10.4. The highest BCUT2D eigenvalue weighted by Crippen LogP contribution is 2.10. The second-order valence-electron chi connectivity index (χ2n) is 4.05. The van der Waals surface area contributed by atoms with E-state index in [0.29, 0.717) is 12.6 Å². The van der Waals surface area contributed by atoms with E-state index in [4.69, 9.17) is 4.74 Å². The summed E-state index contributed by atoms with van der Waals surface area (Å²) in [6, 6.07) is 0. The van der Waals surface area contributed by atoms with Gasteiger partial charge in [-0.2, -0.15) is 10.1 Å². The SMILES string of the molecule is CCCN(CCC)c1nncc(NCCOC)n1. The number of nitrogens with one attached hydrogen (secondary N) is 1. The van der Waals surface area contributed by atoms with E-state index in [1.807, 2.05) is 0 Å². The lowest BCUT2D eigenvalue weighted by Crippen LogP contribution is -2.27. The number of aromatic nitrogens is 3. The van der Waals surface area contributed by atoms with E-state index in [2.05, 4.69) is 39.2 Å². The molecule has 0 aliphatic heterocycles. The summed E-state index contributed by atoms with van der Waals surface area (Å²) in [4.78, 5) is 6.63. The first-order valence-corrected chi connectivity index (χ1v) is 6.49. The Morgan fingerprint density at radius 3 is 2.61 bits per heavy atom. The summed E-state index contributed by atoms with van der Waals surface area (Å²) in [7, 11) is 1.68. The molecule has 18 heavy (non-hydrogen) atoms. The van der Waals surface area contributed by atoms with Gasteiger partial charge in [-0.3, -0.25) is 0 Å². The molecule has 0 aliphatic rings. The first kappa shape index (κ1) is 14.6. The summed E-state index contributed by atoms with van der Waals surface area (Å²) < 4.78 is 4.98. The number of ether oxygens (including phenoxy) is 1. The monoisotopic (exact) mass is 253 g/mol. The molecule has 0 spiro atoms. The van der Waals surface area contributed by atoms with E-state index in [0.717, 1.165) is 38.3 Å². The first-order valence-electron chi connectivity index (χ1n) is 6.49. The Morgan fingerprint density at radius 1 is 1.28 bits per heavy atom. The molecule has 1 aromatic heterocycles. The fourth-order valence-corrected chi connectivity index (χ4v) is 1.65. The van der Waals surface area contributed by atoms with Crippen LogP contribution in [0, 0.1) is 0 Å². The van der Waals surface area contributed by atoms with Crippen LogP contribution in [-0.4, -0.2) is 48.5 Å². The molecule has 0 saturated heterocycles. The van der Waals surface area contributed by atoms with Crippen LogP contribution in [-0.2, 0) is 4.74 Å². The van der Waals surface area contributed by atoms with Gasteiger partial charge in [0.2, 0.25) is 5.95 Å². The molecule has 102 valence electrons. The third-order valence-corrected chi connectivity index (χ3v) is 2.43. The topological polar surface area (TPSA) is 63.2 Å². The third kappa shape index (κ3) is 4.83. The number of nitrogens with zero attached hydrogens (tertiary/aromatic N) is 4. The Hall–Kier alpha value is -1.43. The molecule has 1 rings (SSSR count). The van der Waals surface area contributed by atoms with Crippen LogP contribution in [0.4, 0.5) is 11.8 Å². The van der Waals surface area contributed by atoms with E-state index < -0.39 is 0 Å². The highest BCUT2D eigenvalue weighted by Gasteiger charge is 2.08. The average Bonchev–Trinajstić information content (AvgIpc) is 2.39. The summed E-state index contributed by atoms with van der Waals surface area (Å²) in [5, 5.41) is 11.2. The smallest absolute Gasteiger partial charge is 0.247 e. The predicted molar refractivity (Wildman–Crippen MR) is 73.0 cm³/mol. The molecule has 0 bridgehead atoms. The number of anilines is 2. The number of rotatable bonds is 9. The van der Waals surface area contributed by atoms with E-state index in [9.17, 15) is 0 Å². The summed E-state index contributed by atoms with van der Waals surface area (Å²) in [5.41, 5.74) is 0. The maximum absolute atomic E-state index is 4.98. The van der Waals surface area contributed by atoms with Crippen LogP contribution in [0.2, 0.25) is 0 Å². The van der Waals surface area contributed by atoms with Crippen molar-refractivity contribution in [2.24, 2.45) is 0 Å². The van der Waals surface area contributed by atoms with Gasteiger partial charge in [0.1, 0.15) is 0 Å². The van der Waals surface area contributed by atoms with Gasteiger partial charge in [-0.25, -0.2) is 0 Å². The molecule has 1 N–H and O–H groups in total. The Bertz CT molecular complexity index is 328. The zero-order valence-electron chi connectivity index (χ0n) is 11.5. The minimum Gasteiger partial charge on any atom is -0.383 e. The summed E-state index contributed by atoms with van der Waals surface area (Å²) in [6.07, 6.45) is 3.78. The van der Waals surface area contributed by atoms with Gasteiger partial charge in [0.25, 0.3) is 0 Å². The van der Waals surface area contributed by atoms with E-state index in [1.165, 1.54) is 0 Å². The van der Waals surface area contributed by atoms with Crippen molar-refractivity contribution in [3.63, 3.8) is 0 Å². The zero-order chi connectivity index (χ0) is 13.2. The summed E-state index contributed by atoms with van der Waals surface area (Å²) >= 11 is 0. The Balaban J connectivity index is 2.65.